The van der Waals surface area contributed by atoms with Crippen molar-refractivity contribution in [1.82, 2.24) is 20.6 Å². The van der Waals surface area contributed by atoms with Crippen LogP contribution < -0.4 is 10.6 Å². The summed E-state index contributed by atoms with van der Waals surface area (Å²) in [6.45, 7) is 0. The first-order valence-electron chi connectivity index (χ1n) is 14.6. The fourth-order valence-electron chi connectivity index (χ4n) is 5.87. The Bertz CT molecular complexity index is 1970. The van der Waals surface area contributed by atoms with Crippen molar-refractivity contribution in [3.63, 3.8) is 0 Å². The number of benzene rings is 3. The number of carbonyl (C=O) groups is 2. The number of halogens is 5. The molecule has 1 aliphatic carbocycles. The molecule has 2 aromatic heterocycles. The molecule has 6 rings (SSSR count). The number of aryl methyl sites for hydroxylation is 1. The zero-order chi connectivity index (χ0) is 33.5. The molecule has 1 fully saturated rings. The van der Waals surface area contributed by atoms with Crippen LogP contribution in [0.5, 0.6) is 0 Å². The first-order chi connectivity index (χ1) is 22.4. The smallest absolute Gasteiger partial charge is 0.389 e. The van der Waals surface area contributed by atoms with E-state index < -0.39 is 59.7 Å². The van der Waals surface area contributed by atoms with Gasteiger partial charge in [-0.25, -0.2) is 18.7 Å². The molecule has 242 valence electrons. The monoisotopic (exact) mass is 650 g/mol. The molecule has 2 amide bonds. The predicted molar refractivity (Wildman–Crippen MR) is 161 cm³/mol. The van der Waals surface area contributed by atoms with Crippen molar-refractivity contribution in [1.29, 1.82) is 0 Å². The highest BCUT2D eigenvalue weighted by Crippen LogP contribution is 2.41. The van der Waals surface area contributed by atoms with Crippen LogP contribution in [0.3, 0.4) is 0 Å². The van der Waals surface area contributed by atoms with Crippen molar-refractivity contribution in [2.24, 2.45) is 0 Å². The molecule has 0 spiro atoms. The molecule has 2 heterocycles. The lowest BCUT2D eigenvalue weighted by Crippen LogP contribution is -2.57. The number of amides is 2. The Kier molecular flexibility index (Phi) is 8.26. The van der Waals surface area contributed by atoms with E-state index >= 15 is 4.39 Å². The molecule has 47 heavy (non-hydrogen) atoms. The SMILES string of the molecule is CNC(=O)c1c(-c2ccc(F)cc2)oc2cc(CCC(F)(F)F)c(-c3ccc(F)c(C(=O)NC4(c5ncccn5)CC(O)C4)c3)cc12. The number of hydrogen-bond donors (Lipinski definition) is 3. The summed E-state index contributed by atoms with van der Waals surface area (Å²) in [7, 11) is 1.40. The van der Waals surface area contributed by atoms with E-state index in [1.807, 2.05) is 0 Å². The molecule has 8 nitrogen and oxygen atoms in total. The molecule has 0 bridgehead atoms. The second-order valence-corrected chi connectivity index (χ2v) is 11.4. The molecule has 0 unspecified atom stereocenters. The van der Waals surface area contributed by atoms with Gasteiger partial charge in [-0.1, -0.05) is 6.07 Å². The van der Waals surface area contributed by atoms with Crippen LogP contribution in [-0.4, -0.2) is 46.2 Å². The first-order valence-corrected chi connectivity index (χ1v) is 14.6. The van der Waals surface area contributed by atoms with Gasteiger partial charge < -0.3 is 20.2 Å². The molecule has 0 atom stereocenters. The van der Waals surface area contributed by atoms with Crippen LogP contribution >= 0.6 is 0 Å². The third-order valence-electron chi connectivity index (χ3n) is 8.19. The van der Waals surface area contributed by atoms with E-state index in [2.05, 4.69) is 20.6 Å². The largest absolute Gasteiger partial charge is 0.455 e. The van der Waals surface area contributed by atoms with E-state index in [0.29, 0.717) is 5.56 Å². The highest BCUT2D eigenvalue weighted by Gasteiger charge is 2.48. The maximum absolute atomic E-state index is 15.2. The summed E-state index contributed by atoms with van der Waals surface area (Å²) in [5.41, 5.74) is -0.415. The van der Waals surface area contributed by atoms with Crippen molar-refractivity contribution in [2.75, 3.05) is 7.05 Å². The second kappa shape index (κ2) is 12.2. The Morgan fingerprint density at radius 3 is 2.30 bits per heavy atom. The minimum absolute atomic E-state index is 0.0613. The number of rotatable bonds is 8. The van der Waals surface area contributed by atoms with Gasteiger partial charge in [0.15, 0.2) is 5.82 Å². The van der Waals surface area contributed by atoms with Crippen LogP contribution in [-0.2, 0) is 12.0 Å². The van der Waals surface area contributed by atoms with E-state index in [0.717, 1.165) is 6.07 Å². The van der Waals surface area contributed by atoms with Crippen LogP contribution in [0.15, 0.2) is 77.5 Å². The topological polar surface area (TPSA) is 117 Å². The summed E-state index contributed by atoms with van der Waals surface area (Å²) in [6.07, 6.45) is -3.75. The summed E-state index contributed by atoms with van der Waals surface area (Å²) in [5, 5.41) is 15.6. The average molecular weight is 651 g/mol. The van der Waals surface area contributed by atoms with Crippen molar-refractivity contribution >= 4 is 22.8 Å². The first kappa shape index (κ1) is 31.8. The van der Waals surface area contributed by atoms with Gasteiger partial charge >= 0.3 is 6.18 Å². The highest BCUT2D eigenvalue weighted by molar-refractivity contribution is 6.12. The minimum atomic E-state index is -4.50. The van der Waals surface area contributed by atoms with E-state index in [1.165, 1.54) is 68.0 Å². The number of alkyl halides is 3. The lowest BCUT2D eigenvalue weighted by molar-refractivity contribution is -0.133. The average Bonchev–Trinajstić information content (AvgIpc) is 3.41. The number of aliphatic hydroxyl groups excluding tert-OH is 1. The Hall–Kier alpha value is -5.17. The number of nitrogens with one attached hydrogen (secondary N) is 2. The number of aromatic nitrogens is 2. The van der Waals surface area contributed by atoms with Crippen LogP contribution in [0.1, 0.15) is 51.4 Å². The van der Waals surface area contributed by atoms with E-state index in [-0.39, 0.29) is 57.6 Å². The molecular formula is C34H27F5N4O4. The van der Waals surface area contributed by atoms with Gasteiger partial charge in [0.2, 0.25) is 0 Å². The fraction of sp³-hybridized carbons (Fsp3) is 0.235. The standard InChI is InChI=1S/C34H27F5N4O4/c1-40-31(46)28-25-15-23(20(9-10-34(37,38)39)14-27(25)47-29(28)18-3-6-21(35)7-4-18)19-5-8-26(36)24(13-19)30(45)43-33(16-22(44)17-33)32-41-11-2-12-42-32/h2-8,11-15,22,44H,9-10,16-17H2,1H3,(H,40,46)(H,43,45). The van der Waals surface area contributed by atoms with Gasteiger partial charge in [0, 0.05) is 49.7 Å². The number of carbonyl (C=O) groups excluding carboxylic acids is 2. The number of aliphatic hydroxyl groups is 1. The number of hydrogen-bond acceptors (Lipinski definition) is 6. The predicted octanol–water partition coefficient (Wildman–Crippen LogP) is 6.47. The van der Waals surface area contributed by atoms with Gasteiger partial charge in [-0.05, 0) is 77.7 Å². The normalized spacial score (nSPS) is 17.7. The van der Waals surface area contributed by atoms with E-state index in [4.69, 9.17) is 4.42 Å². The van der Waals surface area contributed by atoms with Crippen molar-refractivity contribution in [3.05, 3.63) is 107 Å². The van der Waals surface area contributed by atoms with Crippen LogP contribution in [0.25, 0.3) is 33.4 Å². The second-order valence-electron chi connectivity index (χ2n) is 11.4. The Morgan fingerprint density at radius 1 is 0.979 bits per heavy atom. The fourth-order valence-corrected chi connectivity index (χ4v) is 5.87. The zero-order valence-corrected chi connectivity index (χ0v) is 24.8. The Balaban J connectivity index is 1.47. The van der Waals surface area contributed by atoms with Gasteiger partial charge in [-0.3, -0.25) is 9.59 Å². The summed E-state index contributed by atoms with van der Waals surface area (Å²) < 4.78 is 75.1. The molecule has 5 aromatic rings. The molecule has 0 saturated heterocycles. The molecule has 1 aliphatic rings. The summed E-state index contributed by atoms with van der Waals surface area (Å²) in [4.78, 5) is 35.0. The van der Waals surface area contributed by atoms with Gasteiger partial charge in [0.1, 0.15) is 28.5 Å². The maximum Gasteiger partial charge on any atom is 0.389 e. The van der Waals surface area contributed by atoms with Crippen LogP contribution in [0, 0.1) is 11.6 Å². The maximum atomic E-state index is 15.2. The number of nitrogens with zero attached hydrogens (tertiary/aromatic N) is 2. The minimum Gasteiger partial charge on any atom is -0.455 e. The van der Waals surface area contributed by atoms with Gasteiger partial charge in [-0.15, -0.1) is 0 Å². The summed E-state index contributed by atoms with van der Waals surface area (Å²) in [5.74, 6) is -2.49. The molecule has 0 aliphatic heterocycles. The van der Waals surface area contributed by atoms with Crippen LogP contribution in [0.2, 0.25) is 0 Å². The Morgan fingerprint density at radius 2 is 1.66 bits per heavy atom. The van der Waals surface area contributed by atoms with E-state index in [1.54, 1.807) is 6.07 Å². The molecule has 3 N–H and O–H groups in total. The molecule has 3 aromatic carbocycles. The summed E-state index contributed by atoms with van der Waals surface area (Å²) in [6, 6.07) is 13.2. The molecule has 1 saturated carbocycles. The van der Waals surface area contributed by atoms with Crippen LogP contribution in [0.4, 0.5) is 22.0 Å². The third-order valence-corrected chi connectivity index (χ3v) is 8.19. The zero-order valence-electron chi connectivity index (χ0n) is 24.8. The highest BCUT2D eigenvalue weighted by atomic mass is 19.4. The third kappa shape index (κ3) is 6.30. The van der Waals surface area contributed by atoms with Crippen molar-refractivity contribution in [2.45, 2.75) is 43.5 Å². The quantitative estimate of drug-likeness (QED) is 0.166. The van der Waals surface area contributed by atoms with Gasteiger partial charge in [0.25, 0.3) is 11.8 Å². The van der Waals surface area contributed by atoms with Crippen molar-refractivity contribution < 1.29 is 41.1 Å². The molecule has 13 heteroatoms. The Labute approximate surface area is 264 Å². The van der Waals surface area contributed by atoms with Gasteiger partial charge in [-0.2, -0.15) is 13.2 Å². The molecular weight excluding hydrogens is 623 g/mol. The number of fused-ring (bicyclic) bond motifs is 1. The molecule has 0 radical (unpaired) electrons. The number of furan rings is 1. The summed E-state index contributed by atoms with van der Waals surface area (Å²) >= 11 is 0. The lowest BCUT2D eigenvalue weighted by atomic mass is 9.73. The van der Waals surface area contributed by atoms with Gasteiger partial charge in [0.05, 0.1) is 17.2 Å². The van der Waals surface area contributed by atoms with Crippen molar-refractivity contribution in [3.8, 4) is 22.5 Å². The van der Waals surface area contributed by atoms with E-state index in [9.17, 15) is 32.3 Å². The lowest BCUT2D eigenvalue weighted by Gasteiger charge is -2.44.